The molecule has 0 radical (unpaired) electrons. The molecule has 0 aliphatic carbocycles. The van der Waals surface area contributed by atoms with Crippen molar-refractivity contribution in [1.82, 2.24) is 5.32 Å². The Balaban J connectivity index is 2.50. The first-order chi connectivity index (χ1) is 11.8. The summed E-state index contributed by atoms with van der Waals surface area (Å²) in [5.41, 5.74) is -0.800. The van der Waals surface area contributed by atoms with Crippen LogP contribution in [0.4, 0.5) is 0 Å². The molecule has 0 spiro atoms. The van der Waals surface area contributed by atoms with E-state index in [1.807, 2.05) is 37.3 Å². The first-order valence-corrected chi connectivity index (χ1v) is 8.54. The lowest BCUT2D eigenvalue weighted by Crippen LogP contribution is -2.49. The summed E-state index contributed by atoms with van der Waals surface area (Å²) in [4.78, 5) is 36.5. The zero-order valence-electron chi connectivity index (χ0n) is 14.8. The first-order valence-electron chi connectivity index (χ1n) is 8.54. The predicted octanol–water partition coefficient (Wildman–Crippen LogP) is 2.20. The van der Waals surface area contributed by atoms with E-state index in [4.69, 9.17) is 4.74 Å². The minimum Gasteiger partial charge on any atom is -0.480 e. The van der Waals surface area contributed by atoms with Crippen LogP contribution in [-0.4, -0.2) is 36.1 Å². The summed E-state index contributed by atoms with van der Waals surface area (Å²) in [5, 5.41) is 12.7. The summed E-state index contributed by atoms with van der Waals surface area (Å²) >= 11 is 0. The molecule has 1 aliphatic rings. The van der Waals surface area contributed by atoms with Crippen LogP contribution in [0.1, 0.15) is 38.7 Å². The molecule has 0 aromatic heterocycles. The number of amides is 1. The maximum absolute atomic E-state index is 12.6. The molecule has 4 atom stereocenters. The monoisotopic (exact) mass is 347 g/mol. The van der Waals surface area contributed by atoms with Gasteiger partial charge in [0.05, 0.1) is 6.61 Å². The average Bonchev–Trinajstić information content (AvgIpc) is 3.01. The molecule has 2 N–H and O–H groups in total. The van der Waals surface area contributed by atoms with E-state index < -0.39 is 23.3 Å². The lowest BCUT2D eigenvalue weighted by Gasteiger charge is -2.39. The van der Waals surface area contributed by atoms with Crippen molar-refractivity contribution in [2.24, 2.45) is 17.3 Å². The topological polar surface area (TPSA) is 92.7 Å². The zero-order valence-corrected chi connectivity index (χ0v) is 14.8. The smallest absolute Gasteiger partial charge is 0.323 e. The number of carboxylic acids is 1. The fraction of sp³-hybridized carbons (Fsp3) is 0.526. The average molecular weight is 347 g/mol. The first kappa shape index (κ1) is 19.0. The zero-order chi connectivity index (χ0) is 18.6. The van der Waals surface area contributed by atoms with E-state index in [0.717, 1.165) is 5.56 Å². The van der Waals surface area contributed by atoms with Gasteiger partial charge in [-0.2, -0.15) is 0 Å². The third-order valence-electron chi connectivity index (χ3n) is 5.19. The van der Waals surface area contributed by atoms with Gasteiger partial charge in [-0.25, -0.2) is 0 Å². The quantitative estimate of drug-likeness (QED) is 0.583. The van der Waals surface area contributed by atoms with Gasteiger partial charge in [0.15, 0.2) is 5.41 Å². The van der Waals surface area contributed by atoms with Crippen molar-refractivity contribution in [3.63, 3.8) is 0 Å². The van der Waals surface area contributed by atoms with Crippen molar-refractivity contribution in [3.8, 4) is 0 Å². The van der Waals surface area contributed by atoms with E-state index >= 15 is 0 Å². The largest absolute Gasteiger partial charge is 0.480 e. The number of ether oxygens (including phenoxy) is 1. The second kappa shape index (κ2) is 7.68. The SMILES string of the molecule is CCOC(=O)C(C)(C(=O)O)[C@H](C1CNC(=O)C1)[C@H](C)c1ccccc1. The van der Waals surface area contributed by atoms with Gasteiger partial charge in [-0.05, 0) is 37.2 Å². The van der Waals surface area contributed by atoms with Crippen LogP contribution >= 0.6 is 0 Å². The van der Waals surface area contributed by atoms with Gasteiger partial charge in [-0.3, -0.25) is 14.4 Å². The highest BCUT2D eigenvalue weighted by Crippen LogP contribution is 2.46. The van der Waals surface area contributed by atoms with Crippen molar-refractivity contribution >= 4 is 17.8 Å². The number of carboxylic acid groups (broad SMARTS) is 1. The number of carbonyl (C=O) groups is 3. The molecule has 1 aromatic carbocycles. The molecule has 1 aliphatic heterocycles. The summed E-state index contributed by atoms with van der Waals surface area (Å²) < 4.78 is 5.10. The van der Waals surface area contributed by atoms with Gasteiger partial charge < -0.3 is 15.2 Å². The van der Waals surface area contributed by atoms with Gasteiger partial charge in [0, 0.05) is 13.0 Å². The molecule has 1 heterocycles. The predicted molar refractivity (Wildman–Crippen MR) is 91.8 cm³/mol. The minimum absolute atomic E-state index is 0.107. The summed E-state index contributed by atoms with van der Waals surface area (Å²) in [7, 11) is 0. The van der Waals surface area contributed by atoms with Crippen molar-refractivity contribution in [1.29, 1.82) is 0 Å². The molecule has 1 saturated heterocycles. The Kier molecular flexibility index (Phi) is 5.82. The van der Waals surface area contributed by atoms with Gasteiger partial charge in [-0.1, -0.05) is 37.3 Å². The fourth-order valence-corrected chi connectivity index (χ4v) is 3.87. The third-order valence-corrected chi connectivity index (χ3v) is 5.19. The number of aliphatic carboxylic acids is 1. The highest BCUT2D eigenvalue weighted by molar-refractivity contribution is 5.99. The summed E-state index contributed by atoms with van der Waals surface area (Å²) in [5.74, 6) is -3.16. The molecule has 6 heteroatoms. The second-order valence-electron chi connectivity index (χ2n) is 6.72. The van der Waals surface area contributed by atoms with E-state index in [1.54, 1.807) is 6.92 Å². The van der Waals surface area contributed by atoms with Crippen LogP contribution in [0.2, 0.25) is 0 Å². The molecule has 2 rings (SSSR count). The van der Waals surface area contributed by atoms with Gasteiger partial charge in [0.1, 0.15) is 0 Å². The molecule has 2 unspecified atom stereocenters. The maximum Gasteiger partial charge on any atom is 0.323 e. The van der Waals surface area contributed by atoms with Crippen molar-refractivity contribution in [2.75, 3.05) is 13.2 Å². The van der Waals surface area contributed by atoms with Gasteiger partial charge in [0.25, 0.3) is 0 Å². The number of hydrogen-bond acceptors (Lipinski definition) is 4. The second-order valence-corrected chi connectivity index (χ2v) is 6.72. The Labute approximate surface area is 147 Å². The van der Waals surface area contributed by atoms with Crippen LogP contribution in [0.3, 0.4) is 0 Å². The Hall–Kier alpha value is -2.37. The summed E-state index contributed by atoms with van der Waals surface area (Å²) in [6.07, 6.45) is 0.212. The number of rotatable bonds is 7. The van der Waals surface area contributed by atoms with E-state index in [1.165, 1.54) is 6.92 Å². The highest BCUT2D eigenvalue weighted by Gasteiger charge is 2.55. The van der Waals surface area contributed by atoms with Crippen LogP contribution in [0, 0.1) is 17.3 Å². The lowest BCUT2D eigenvalue weighted by molar-refractivity contribution is -0.174. The van der Waals surface area contributed by atoms with Crippen molar-refractivity contribution in [2.45, 2.75) is 33.1 Å². The normalized spacial score (nSPS) is 21.7. The molecule has 6 nitrogen and oxygen atoms in total. The van der Waals surface area contributed by atoms with Crippen molar-refractivity contribution < 1.29 is 24.2 Å². The molecule has 25 heavy (non-hydrogen) atoms. The van der Waals surface area contributed by atoms with E-state index in [0.29, 0.717) is 6.54 Å². The van der Waals surface area contributed by atoms with Crippen LogP contribution in [0.5, 0.6) is 0 Å². The van der Waals surface area contributed by atoms with Crippen LogP contribution < -0.4 is 5.32 Å². The Bertz CT molecular complexity index is 644. The number of carbonyl (C=O) groups excluding carboxylic acids is 2. The molecular weight excluding hydrogens is 322 g/mol. The van der Waals surface area contributed by atoms with Gasteiger partial charge >= 0.3 is 11.9 Å². The minimum atomic E-state index is -1.73. The molecule has 136 valence electrons. The highest BCUT2D eigenvalue weighted by atomic mass is 16.5. The van der Waals surface area contributed by atoms with Crippen LogP contribution in [0.15, 0.2) is 30.3 Å². The van der Waals surface area contributed by atoms with E-state index in [-0.39, 0.29) is 30.8 Å². The third kappa shape index (κ3) is 3.67. The van der Waals surface area contributed by atoms with Crippen molar-refractivity contribution in [3.05, 3.63) is 35.9 Å². The lowest BCUT2D eigenvalue weighted by atomic mass is 9.63. The molecular formula is C19H25NO5. The van der Waals surface area contributed by atoms with Gasteiger partial charge in [0.2, 0.25) is 5.91 Å². The Morgan fingerprint density at radius 1 is 1.36 bits per heavy atom. The summed E-state index contributed by atoms with van der Waals surface area (Å²) in [6, 6.07) is 9.46. The van der Waals surface area contributed by atoms with Crippen LogP contribution in [-0.2, 0) is 19.1 Å². The van der Waals surface area contributed by atoms with E-state index in [2.05, 4.69) is 5.32 Å². The maximum atomic E-state index is 12.6. The number of nitrogens with one attached hydrogen (secondary N) is 1. The Morgan fingerprint density at radius 2 is 2.00 bits per heavy atom. The molecule has 0 bridgehead atoms. The molecule has 1 fully saturated rings. The molecule has 0 saturated carbocycles. The number of benzene rings is 1. The van der Waals surface area contributed by atoms with Gasteiger partial charge in [-0.15, -0.1) is 0 Å². The Morgan fingerprint density at radius 3 is 2.48 bits per heavy atom. The molecule has 1 aromatic rings. The van der Waals surface area contributed by atoms with Crippen LogP contribution in [0.25, 0.3) is 0 Å². The fourth-order valence-electron chi connectivity index (χ4n) is 3.87. The van der Waals surface area contributed by atoms with E-state index in [9.17, 15) is 19.5 Å². The molecule has 1 amide bonds. The standard InChI is InChI=1S/C19H25NO5/c1-4-25-18(24)19(3,17(22)23)16(14-10-15(21)20-11-14)12(2)13-8-6-5-7-9-13/h5-9,12,14,16H,4,10-11H2,1-3H3,(H,20,21)(H,22,23)/t12-,14?,16+,19?/m1/s1. The number of esters is 1. The summed E-state index contributed by atoms with van der Waals surface area (Å²) in [6.45, 7) is 5.44. The number of hydrogen-bond donors (Lipinski definition) is 2.